The molecule has 0 radical (unpaired) electrons. The normalized spacial score (nSPS) is 12.3. The van der Waals surface area contributed by atoms with Crippen LogP contribution in [-0.2, 0) is 14.3 Å². The summed E-state index contributed by atoms with van der Waals surface area (Å²) in [5.74, 6) is -2.61. The second kappa shape index (κ2) is 12.5. The first-order valence-corrected chi connectivity index (χ1v) is 9.51. The van der Waals surface area contributed by atoms with Gasteiger partial charge >= 0.3 is 18.0 Å². The summed E-state index contributed by atoms with van der Waals surface area (Å²) in [5.41, 5.74) is 0.320. The highest BCUT2D eigenvalue weighted by molar-refractivity contribution is 7.99. The van der Waals surface area contributed by atoms with Crippen LogP contribution in [0.5, 0.6) is 0 Å². The summed E-state index contributed by atoms with van der Waals surface area (Å²) in [6.07, 6.45) is 4.03. The molecule has 0 aliphatic carbocycles. The summed E-state index contributed by atoms with van der Waals surface area (Å²) in [4.78, 5) is 51.1. The maximum Gasteiger partial charge on any atom is 0.329 e. The Kier molecular flexibility index (Phi) is 10.3. The van der Waals surface area contributed by atoms with Gasteiger partial charge in [-0.25, -0.2) is 9.59 Å². The van der Waals surface area contributed by atoms with E-state index in [4.69, 9.17) is 5.11 Å². The summed E-state index contributed by atoms with van der Waals surface area (Å²) < 4.78 is 4.67. The van der Waals surface area contributed by atoms with Crippen molar-refractivity contribution >= 4 is 35.5 Å². The fourth-order valence-electron chi connectivity index (χ4n) is 2.20. The molecule has 0 spiro atoms. The monoisotopic (exact) mass is 409 g/mol. The predicted molar refractivity (Wildman–Crippen MR) is 104 cm³/mol. The lowest BCUT2D eigenvalue weighted by molar-refractivity contribution is -0.142. The van der Waals surface area contributed by atoms with Crippen LogP contribution >= 0.6 is 11.8 Å². The largest absolute Gasteiger partial charge is 0.481 e. The number of hydrogen-bond donors (Lipinski definition) is 3. The molecule has 0 saturated heterocycles. The molecule has 3 N–H and O–H groups in total. The number of aromatic nitrogens is 1. The predicted octanol–water partition coefficient (Wildman–Crippen LogP) is 1.12. The molecule has 0 fully saturated rings. The zero-order chi connectivity index (χ0) is 20.9. The average molecular weight is 409 g/mol. The minimum atomic E-state index is -1.10. The Labute approximate surface area is 166 Å². The highest BCUT2D eigenvalue weighted by Crippen LogP contribution is 2.19. The van der Waals surface area contributed by atoms with Gasteiger partial charge in [-0.3, -0.25) is 14.6 Å². The summed E-state index contributed by atoms with van der Waals surface area (Å²) >= 11 is 1.18. The topological polar surface area (TPSA) is 135 Å². The van der Waals surface area contributed by atoms with Crippen LogP contribution in [0.1, 0.15) is 16.8 Å². The van der Waals surface area contributed by atoms with Crippen molar-refractivity contribution in [3.8, 4) is 0 Å². The summed E-state index contributed by atoms with van der Waals surface area (Å²) in [5, 5.41) is 14.0. The van der Waals surface area contributed by atoms with E-state index in [1.165, 1.54) is 37.3 Å². The van der Waals surface area contributed by atoms with Gasteiger partial charge in [-0.15, -0.1) is 6.58 Å². The molecule has 1 aromatic rings. The Hall–Kier alpha value is -2.88. The number of aliphatic carboxylic acids is 1. The number of thioether (sulfide) groups is 1. The fraction of sp³-hybridized carbons (Fsp3) is 0.389. The Morgan fingerprint density at radius 1 is 1.36 bits per heavy atom. The smallest absolute Gasteiger partial charge is 0.329 e. The number of hydrogen-bond acceptors (Lipinski definition) is 7. The SMILES string of the molecule is C=CCNC(=O)N[C@@H](CSCC(CC(=O)O)C(=O)c1cccnc1)C(=O)OC. The number of nitrogens with zero attached hydrogens (tertiary/aromatic N) is 1. The molecule has 1 unspecified atom stereocenters. The first-order chi connectivity index (χ1) is 13.4. The van der Waals surface area contributed by atoms with Crippen LogP contribution in [0.4, 0.5) is 4.79 Å². The molecular formula is C18H23N3O6S. The van der Waals surface area contributed by atoms with Crippen molar-refractivity contribution in [2.24, 2.45) is 5.92 Å². The zero-order valence-electron chi connectivity index (χ0n) is 15.4. The third-order valence-corrected chi connectivity index (χ3v) is 4.75. The van der Waals surface area contributed by atoms with Crippen LogP contribution in [0.2, 0.25) is 0 Å². The molecule has 2 atom stereocenters. The van der Waals surface area contributed by atoms with Crippen molar-refractivity contribution in [3.63, 3.8) is 0 Å². The Morgan fingerprint density at radius 2 is 2.11 bits per heavy atom. The van der Waals surface area contributed by atoms with E-state index >= 15 is 0 Å². The number of carboxylic acids is 1. The van der Waals surface area contributed by atoms with E-state index in [0.717, 1.165) is 0 Å². The molecule has 28 heavy (non-hydrogen) atoms. The minimum Gasteiger partial charge on any atom is -0.481 e. The highest BCUT2D eigenvalue weighted by atomic mass is 32.2. The number of methoxy groups -OCH3 is 1. The highest BCUT2D eigenvalue weighted by Gasteiger charge is 2.26. The number of pyridine rings is 1. The number of rotatable bonds is 12. The number of amides is 2. The van der Waals surface area contributed by atoms with Crippen LogP contribution < -0.4 is 10.6 Å². The Morgan fingerprint density at radius 3 is 2.68 bits per heavy atom. The summed E-state index contributed by atoms with van der Waals surface area (Å²) in [6.45, 7) is 3.70. The van der Waals surface area contributed by atoms with Gasteiger partial charge in [-0.05, 0) is 12.1 Å². The molecule has 0 aliphatic rings. The Balaban J connectivity index is 2.71. The third kappa shape index (κ3) is 8.21. The van der Waals surface area contributed by atoms with Crippen LogP contribution in [0.25, 0.3) is 0 Å². The number of carbonyl (C=O) groups is 4. The number of ether oxygens (including phenoxy) is 1. The van der Waals surface area contributed by atoms with Crippen LogP contribution in [0.15, 0.2) is 37.2 Å². The maximum atomic E-state index is 12.5. The average Bonchev–Trinajstić information content (AvgIpc) is 2.69. The van der Waals surface area contributed by atoms with Crippen molar-refractivity contribution in [2.75, 3.05) is 25.2 Å². The van der Waals surface area contributed by atoms with Gasteiger partial charge in [-0.1, -0.05) is 6.08 Å². The molecule has 1 aromatic heterocycles. The van der Waals surface area contributed by atoms with Crippen molar-refractivity contribution in [1.29, 1.82) is 0 Å². The van der Waals surface area contributed by atoms with Gasteiger partial charge in [0.15, 0.2) is 5.78 Å². The van der Waals surface area contributed by atoms with Crippen molar-refractivity contribution in [2.45, 2.75) is 12.5 Å². The molecule has 1 heterocycles. The van der Waals surface area contributed by atoms with Crippen LogP contribution in [0, 0.1) is 5.92 Å². The molecule has 0 saturated carbocycles. The number of carboxylic acid groups (broad SMARTS) is 1. The number of ketones is 1. The molecule has 2 amide bonds. The van der Waals surface area contributed by atoms with Crippen molar-refractivity contribution < 1.29 is 29.0 Å². The molecule has 0 bridgehead atoms. The third-order valence-electron chi connectivity index (χ3n) is 3.54. The quantitative estimate of drug-likeness (QED) is 0.265. The minimum absolute atomic E-state index is 0.116. The second-order valence-electron chi connectivity index (χ2n) is 5.66. The molecule has 9 nitrogen and oxygen atoms in total. The van der Waals surface area contributed by atoms with Gasteiger partial charge in [-0.2, -0.15) is 11.8 Å². The number of esters is 1. The lowest BCUT2D eigenvalue weighted by atomic mass is 9.97. The van der Waals surface area contributed by atoms with Gasteiger partial charge in [0.05, 0.1) is 13.5 Å². The van der Waals surface area contributed by atoms with Crippen LogP contribution in [-0.4, -0.2) is 65.0 Å². The van der Waals surface area contributed by atoms with Crippen LogP contribution in [0.3, 0.4) is 0 Å². The number of Topliss-reactive ketones (excluding diaryl/α,β-unsaturated/α-hetero) is 1. The molecule has 0 aliphatic heterocycles. The molecule has 10 heteroatoms. The van der Waals surface area contributed by atoms with E-state index in [-0.39, 0.29) is 30.3 Å². The lowest BCUT2D eigenvalue weighted by Crippen LogP contribution is -2.48. The van der Waals surface area contributed by atoms with E-state index in [0.29, 0.717) is 5.56 Å². The van der Waals surface area contributed by atoms with Gasteiger partial charge < -0.3 is 20.5 Å². The summed E-state index contributed by atoms with van der Waals surface area (Å²) in [7, 11) is 1.20. The van der Waals surface area contributed by atoms with E-state index in [1.807, 2.05) is 0 Å². The van der Waals surface area contributed by atoms with Crippen molar-refractivity contribution in [1.82, 2.24) is 15.6 Å². The first-order valence-electron chi connectivity index (χ1n) is 8.35. The van der Waals surface area contributed by atoms with E-state index in [1.54, 1.807) is 12.1 Å². The Bertz CT molecular complexity index is 698. The molecule has 152 valence electrons. The molecule has 0 aromatic carbocycles. The first kappa shape index (κ1) is 23.2. The maximum absolute atomic E-state index is 12.5. The summed E-state index contributed by atoms with van der Waals surface area (Å²) in [6, 6.07) is 1.65. The van der Waals surface area contributed by atoms with E-state index in [9.17, 15) is 19.2 Å². The fourth-order valence-corrected chi connectivity index (χ4v) is 3.34. The molecular weight excluding hydrogens is 386 g/mol. The second-order valence-corrected chi connectivity index (χ2v) is 6.73. The standard InChI is InChI=1S/C18H23N3O6S/c1-3-6-20-18(26)21-14(17(25)27-2)11-28-10-13(8-15(22)23)16(24)12-5-4-7-19-9-12/h3-5,7,9,13-14H,1,6,8,10-11H2,2H3,(H,22,23)(H2,20,21,26)/t13?,14-/m0/s1. The van der Waals surface area contributed by atoms with Crippen molar-refractivity contribution in [3.05, 3.63) is 42.7 Å². The number of nitrogens with one attached hydrogen (secondary N) is 2. The lowest BCUT2D eigenvalue weighted by Gasteiger charge is -2.18. The van der Waals surface area contributed by atoms with Gasteiger partial charge in [0.2, 0.25) is 0 Å². The van der Waals surface area contributed by atoms with Gasteiger partial charge in [0, 0.05) is 41.9 Å². The van der Waals surface area contributed by atoms with E-state index in [2.05, 4.69) is 26.9 Å². The number of carbonyl (C=O) groups excluding carboxylic acids is 3. The van der Waals surface area contributed by atoms with Gasteiger partial charge in [0.25, 0.3) is 0 Å². The van der Waals surface area contributed by atoms with E-state index < -0.39 is 29.9 Å². The zero-order valence-corrected chi connectivity index (χ0v) is 16.2. The number of urea groups is 1. The van der Waals surface area contributed by atoms with Gasteiger partial charge in [0.1, 0.15) is 6.04 Å². The molecule has 1 rings (SSSR count).